The van der Waals surface area contributed by atoms with E-state index in [1.807, 2.05) is 0 Å². The van der Waals surface area contributed by atoms with Crippen molar-refractivity contribution < 1.29 is 31.9 Å². The zero-order valence-corrected chi connectivity index (χ0v) is 13.6. The van der Waals surface area contributed by atoms with Gasteiger partial charge in [-0.3, -0.25) is 4.79 Å². The Morgan fingerprint density at radius 3 is 2.58 bits per heavy atom. The lowest BCUT2D eigenvalue weighted by Crippen LogP contribution is -2.20. The summed E-state index contributed by atoms with van der Waals surface area (Å²) in [6.45, 7) is -1.46. The lowest BCUT2D eigenvalue weighted by molar-refractivity contribution is -0.153. The van der Waals surface area contributed by atoms with Crippen LogP contribution in [0.2, 0.25) is 0 Å². The molecule has 3 aromatic rings. The molecule has 8 heteroatoms. The van der Waals surface area contributed by atoms with Crippen LogP contribution in [-0.4, -0.2) is 25.8 Å². The Balaban J connectivity index is 1.82. The van der Waals surface area contributed by atoms with E-state index in [1.165, 1.54) is 31.4 Å². The Hall–Kier alpha value is -3.16. The molecular formula is C18H14F3NO4. The second-order valence-electron chi connectivity index (χ2n) is 5.34. The van der Waals surface area contributed by atoms with Gasteiger partial charge in [0, 0.05) is 5.39 Å². The molecule has 5 nitrogen and oxygen atoms in total. The van der Waals surface area contributed by atoms with Crippen molar-refractivity contribution in [3.8, 4) is 11.5 Å². The van der Waals surface area contributed by atoms with Gasteiger partial charge in [0.15, 0.2) is 23.7 Å². The Bertz CT molecular complexity index is 934. The predicted molar refractivity (Wildman–Crippen MR) is 88.7 cm³/mol. The molecule has 0 fully saturated rings. The molecule has 0 aliphatic rings. The van der Waals surface area contributed by atoms with Crippen LogP contribution in [0, 0.1) is 0 Å². The fourth-order valence-electron chi connectivity index (χ4n) is 2.35. The van der Waals surface area contributed by atoms with Gasteiger partial charge >= 0.3 is 6.18 Å². The monoisotopic (exact) mass is 365 g/mol. The fourth-order valence-corrected chi connectivity index (χ4v) is 2.35. The van der Waals surface area contributed by atoms with Crippen LogP contribution in [0.5, 0.6) is 11.5 Å². The zero-order valence-electron chi connectivity index (χ0n) is 13.6. The van der Waals surface area contributed by atoms with Crippen LogP contribution in [-0.2, 0) is 0 Å². The lowest BCUT2D eigenvalue weighted by Gasteiger charge is -2.13. The standard InChI is InChI=1S/C18H14F3NO4/c1-24-14-8-4-5-11-9-15(26-16(11)14)17(23)22-12-6-2-3-7-13(12)25-10-18(19,20)21/h2-9H,10H2,1H3,(H,22,23). The van der Waals surface area contributed by atoms with E-state index in [9.17, 15) is 18.0 Å². The number of carbonyl (C=O) groups excluding carboxylic acids is 1. The van der Waals surface area contributed by atoms with Crippen LogP contribution in [0.25, 0.3) is 11.0 Å². The highest BCUT2D eigenvalue weighted by Gasteiger charge is 2.29. The van der Waals surface area contributed by atoms with Crippen molar-refractivity contribution in [2.75, 3.05) is 19.0 Å². The van der Waals surface area contributed by atoms with Gasteiger partial charge in [0.05, 0.1) is 12.8 Å². The van der Waals surface area contributed by atoms with Gasteiger partial charge in [-0.1, -0.05) is 24.3 Å². The van der Waals surface area contributed by atoms with Gasteiger partial charge in [-0.2, -0.15) is 13.2 Å². The van der Waals surface area contributed by atoms with Gasteiger partial charge in [0.2, 0.25) is 0 Å². The number of ether oxygens (including phenoxy) is 2. The summed E-state index contributed by atoms with van der Waals surface area (Å²) in [5.74, 6) is -0.247. The maximum atomic E-state index is 12.4. The van der Waals surface area contributed by atoms with Gasteiger partial charge in [0.25, 0.3) is 5.91 Å². The van der Waals surface area contributed by atoms with Gasteiger partial charge < -0.3 is 19.2 Å². The third-order valence-electron chi connectivity index (χ3n) is 3.48. The summed E-state index contributed by atoms with van der Waals surface area (Å²) >= 11 is 0. The summed E-state index contributed by atoms with van der Waals surface area (Å²) in [7, 11) is 1.48. The number of nitrogens with one attached hydrogen (secondary N) is 1. The largest absolute Gasteiger partial charge is 0.493 e. The summed E-state index contributed by atoms with van der Waals surface area (Å²) in [5, 5.41) is 3.16. The minimum atomic E-state index is -4.48. The van der Waals surface area contributed by atoms with Crippen molar-refractivity contribution in [2.24, 2.45) is 0 Å². The number of anilines is 1. The van der Waals surface area contributed by atoms with Crippen LogP contribution < -0.4 is 14.8 Å². The number of para-hydroxylation sites is 3. The average molecular weight is 365 g/mol. The third kappa shape index (κ3) is 3.90. The number of hydrogen-bond donors (Lipinski definition) is 1. The normalized spacial score (nSPS) is 11.4. The molecule has 0 unspecified atom stereocenters. The number of benzene rings is 2. The molecule has 0 spiro atoms. The lowest BCUT2D eigenvalue weighted by atomic mass is 10.2. The first-order valence-electron chi connectivity index (χ1n) is 7.54. The quantitative estimate of drug-likeness (QED) is 0.716. The Morgan fingerprint density at radius 1 is 1.12 bits per heavy atom. The van der Waals surface area contributed by atoms with E-state index in [0.717, 1.165) is 0 Å². The van der Waals surface area contributed by atoms with Gasteiger partial charge in [-0.05, 0) is 24.3 Å². The molecule has 0 aliphatic carbocycles. The predicted octanol–water partition coefficient (Wildman–Crippen LogP) is 4.63. The van der Waals surface area contributed by atoms with Crippen molar-refractivity contribution in [1.82, 2.24) is 0 Å². The molecule has 0 aliphatic heterocycles. The smallest absolute Gasteiger partial charge is 0.422 e. The van der Waals surface area contributed by atoms with Crippen LogP contribution in [0.3, 0.4) is 0 Å². The van der Waals surface area contributed by atoms with Gasteiger partial charge in [0.1, 0.15) is 5.75 Å². The topological polar surface area (TPSA) is 60.7 Å². The molecule has 0 atom stereocenters. The highest BCUT2D eigenvalue weighted by atomic mass is 19.4. The van der Waals surface area contributed by atoms with Crippen LogP contribution in [0.1, 0.15) is 10.6 Å². The molecule has 0 saturated carbocycles. The highest BCUT2D eigenvalue weighted by Crippen LogP contribution is 2.30. The van der Waals surface area contributed by atoms with E-state index in [0.29, 0.717) is 16.7 Å². The van der Waals surface area contributed by atoms with Gasteiger partial charge in [-0.25, -0.2) is 0 Å². The second kappa shape index (κ2) is 6.99. The third-order valence-corrected chi connectivity index (χ3v) is 3.48. The molecule has 1 amide bonds. The molecule has 3 rings (SSSR count). The first-order chi connectivity index (χ1) is 12.4. The van der Waals surface area contributed by atoms with Crippen molar-refractivity contribution in [3.63, 3.8) is 0 Å². The SMILES string of the molecule is COc1cccc2cc(C(=O)Nc3ccccc3OCC(F)(F)F)oc12. The maximum absolute atomic E-state index is 12.4. The van der Waals surface area contributed by atoms with E-state index in [-0.39, 0.29) is 17.2 Å². The first kappa shape index (κ1) is 17.7. The zero-order chi connectivity index (χ0) is 18.7. The fraction of sp³-hybridized carbons (Fsp3) is 0.167. The molecule has 2 aromatic carbocycles. The molecule has 1 N–H and O–H groups in total. The van der Waals surface area contributed by atoms with Crippen molar-refractivity contribution >= 4 is 22.6 Å². The van der Waals surface area contributed by atoms with E-state index in [2.05, 4.69) is 5.32 Å². The van der Waals surface area contributed by atoms with Crippen LogP contribution >= 0.6 is 0 Å². The Kier molecular flexibility index (Phi) is 4.75. The summed E-state index contributed by atoms with van der Waals surface area (Å²) in [5.41, 5.74) is 0.510. The summed E-state index contributed by atoms with van der Waals surface area (Å²) in [6, 6.07) is 12.6. The second-order valence-corrected chi connectivity index (χ2v) is 5.34. The first-order valence-corrected chi connectivity index (χ1v) is 7.54. The Morgan fingerprint density at radius 2 is 1.85 bits per heavy atom. The number of alkyl halides is 3. The average Bonchev–Trinajstić information content (AvgIpc) is 3.04. The number of furan rings is 1. The van der Waals surface area contributed by atoms with Crippen molar-refractivity contribution in [1.29, 1.82) is 0 Å². The molecule has 136 valence electrons. The number of methoxy groups -OCH3 is 1. The van der Waals surface area contributed by atoms with E-state index < -0.39 is 18.7 Å². The molecule has 1 aromatic heterocycles. The molecule has 1 heterocycles. The van der Waals surface area contributed by atoms with E-state index in [1.54, 1.807) is 24.3 Å². The molecular weight excluding hydrogens is 351 g/mol. The van der Waals surface area contributed by atoms with Crippen LogP contribution in [0.15, 0.2) is 52.9 Å². The number of amides is 1. The summed E-state index contributed by atoms with van der Waals surface area (Å²) in [4.78, 5) is 12.4. The molecule has 0 radical (unpaired) electrons. The number of fused-ring (bicyclic) bond motifs is 1. The minimum Gasteiger partial charge on any atom is -0.493 e. The minimum absolute atomic E-state index is 0.00451. The van der Waals surface area contributed by atoms with E-state index in [4.69, 9.17) is 13.9 Å². The number of rotatable bonds is 5. The summed E-state index contributed by atoms with van der Waals surface area (Å²) < 4.78 is 52.5. The number of halogens is 3. The maximum Gasteiger partial charge on any atom is 0.422 e. The molecule has 0 bridgehead atoms. The molecule has 0 saturated heterocycles. The number of carbonyl (C=O) groups is 1. The molecule has 26 heavy (non-hydrogen) atoms. The Labute approximate surface area is 146 Å². The van der Waals surface area contributed by atoms with Crippen molar-refractivity contribution in [2.45, 2.75) is 6.18 Å². The number of hydrogen-bond acceptors (Lipinski definition) is 4. The van der Waals surface area contributed by atoms with Gasteiger partial charge in [-0.15, -0.1) is 0 Å². The summed E-state index contributed by atoms with van der Waals surface area (Å²) in [6.07, 6.45) is -4.48. The van der Waals surface area contributed by atoms with Crippen molar-refractivity contribution in [3.05, 3.63) is 54.3 Å². The van der Waals surface area contributed by atoms with Crippen LogP contribution in [0.4, 0.5) is 18.9 Å². The van der Waals surface area contributed by atoms with E-state index >= 15 is 0 Å². The highest BCUT2D eigenvalue weighted by molar-refractivity contribution is 6.05.